The van der Waals surface area contributed by atoms with Crippen LogP contribution in [0.15, 0.2) is 36.4 Å². The van der Waals surface area contributed by atoms with Crippen molar-refractivity contribution < 1.29 is 23.8 Å². The highest BCUT2D eigenvalue weighted by Gasteiger charge is 2.39. The van der Waals surface area contributed by atoms with Crippen molar-refractivity contribution in [2.24, 2.45) is 0 Å². The molecule has 1 aromatic carbocycles. The number of aryl methyl sites for hydroxylation is 2. The summed E-state index contributed by atoms with van der Waals surface area (Å²) in [6.45, 7) is 3.80. The van der Waals surface area contributed by atoms with E-state index < -0.39 is 11.6 Å². The Kier molecular flexibility index (Phi) is 8.25. The van der Waals surface area contributed by atoms with Crippen LogP contribution < -0.4 is 10.1 Å². The van der Waals surface area contributed by atoms with Gasteiger partial charge < -0.3 is 19.9 Å². The zero-order valence-electron chi connectivity index (χ0n) is 21.5. The van der Waals surface area contributed by atoms with Crippen LogP contribution in [-0.4, -0.2) is 72.1 Å². The van der Waals surface area contributed by atoms with Gasteiger partial charge in [-0.2, -0.15) is 0 Å². The van der Waals surface area contributed by atoms with Gasteiger partial charge in [0.1, 0.15) is 23.3 Å². The number of ether oxygens (including phenoxy) is 2. The molecular formula is C29H38FN3O4. The van der Waals surface area contributed by atoms with Crippen LogP contribution in [-0.2, 0) is 22.4 Å². The molecule has 37 heavy (non-hydrogen) atoms. The summed E-state index contributed by atoms with van der Waals surface area (Å²) in [4.78, 5) is 18.5. The van der Waals surface area contributed by atoms with Crippen molar-refractivity contribution in [3.63, 3.8) is 0 Å². The topological polar surface area (TPSA) is 83.9 Å². The third-order valence-electron chi connectivity index (χ3n) is 7.86. The summed E-state index contributed by atoms with van der Waals surface area (Å²) in [6.07, 6.45) is 5.47. The molecule has 3 aliphatic heterocycles. The summed E-state index contributed by atoms with van der Waals surface area (Å²) in [7, 11) is 0. The van der Waals surface area contributed by atoms with Crippen LogP contribution in [0.5, 0.6) is 5.75 Å². The molecule has 2 aromatic rings. The Morgan fingerprint density at radius 3 is 3.00 bits per heavy atom. The van der Waals surface area contributed by atoms with Crippen LogP contribution in [0.3, 0.4) is 0 Å². The molecule has 2 fully saturated rings. The number of nitrogens with zero attached hydrogens (tertiary/aromatic N) is 2. The molecule has 0 radical (unpaired) electrons. The molecule has 2 N–H and O–H groups in total. The number of pyridine rings is 1. The number of aromatic nitrogens is 1. The van der Waals surface area contributed by atoms with Gasteiger partial charge in [0, 0.05) is 50.6 Å². The molecule has 200 valence electrons. The first-order valence-corrected chi connectivity index (χ1v) is 13.7. The summed E-state index contributed by atoms with van der Waals surface area (Å²) < 4.78 is 27.4. The van der Waals surface area contributed by atoms with E-state index in [9.17, 15) is 9.90 Å². The van der Waals surface area contributed by atoms with Gasteiger partial charge in [0.2, 0.25) is 0 Å². The van der Waals surface area contributed by atoms with Gasteiger partial charge in [-0.3, -0.25) is 9.69 Å². The minimum atomic E-state index is -1.28. The molecule has 4 heterocycles. The lowest BCUT2D eigenvalue weighted by atomic mass is 9.94. The summed E-state index contributed by atoms with van der Waals surface area (Å²) in [5.41, 5.74) is 1.80. The Hall–Kier alpha value is -2.71. The number of aliphatic carboxylic acids is 1. The van der Waals surface area contributed by atoms with E-state index in [-0.39, 0.29) is 18.4 Å². The number of nitrogens with one attached hydrogen (secondary N) is 1. The van der Waals surface area contributed by atoms with Crippen molar-refractivity contribution in [1.82, 2.24) is 9.88 Å². The number of carboxylic acids is 1. The van der Waals surface area contributed by atoms with Gasteiger partial charge in [-0.1, -0.05) is 18.2 Å². The predicted octanol–water partition coefficient (Wildman–Crippen LogP) is 4.60. The fraction of sp³-hybridized carbons (Fsp3) is 0.586. The van der Waals surface area contributed by atoms with Gasteiger partial charge in [-0.05, 0) is 61.4 Å². The van der Waals surface area contributed by atoms with E-state index in [1.54, 1.807) is 0 Å². The minimum absolute atomic E-state index is 0.00253. The Bertz CT molecular complexity index is 1080. The van der Waals surface area contributed by atoms with E-state index in [1.807, 2.05) is 30.3 Å². The molecule has 5 rings (SSSR count). The van der Waals surface area contributed by atoms with Crippen LogP contribution in [0, 0.1) is 0 Å². The smallest absolute Gasteiger partial charge is 0.304 e. The SMILES string of the molecule is O=C(O)C[C@H](CN1CC[C@@](F)(CCc2ccc3c(n2)NCCC3)C1)c1cccc(OC2CCOCC2)c1. The molecule has 3 aliphatic rings. The van der Waals surface area contributed by atoms with Crippen molar-refractivity contribution in [2.45, 2.75) is 69.1 Å². The van der Waals surface area contributed by atoms with Crippen LogP contribution in [0.1, 0.15) is 61.3 Å². The highest BCUT2D eigenvalue weighted by Crippen LogP contribution is 2.34. The van der Waals surface area contributed by atoms with Gasteiger partial charge in [0.15, 0.2) is 0 Å². The van der Waals surface area contributed by atoms with Gasteiger partial charge in [-0.25, -0.2) is 9.37 Å². The van der Waals surface area contributed by atoms with Gasteiger partial charge in [0.25, 0.3) is 0 Å². The van der Waals surface area contributed by atoms with Gasteiger partial charge >= 0.3 is 5.97 Å². The largest absolute Gasteiger partial charge is 0.490 e. The number of hydrogen-bond donors (Lipinski definition) is 2. The fourth-order valence-electron chi connectivity index (χ4n) is 5.78. The van der Waals surface area contributed by atoms with Crippen molar-refractivity contribution in [3.05, 3.63) is 53.2 Å². The molecule has 0 bridgehead atoms. The molecule has 7 nitrogen and oxygen atoms in total. The monoisotopic (exact) mass is 511 g/mol. The maximum absolute atomic E-state index is 15.8. The number of benzene rings is 1. The maximum Gasteiger partial charge on any atom is 0.304 e. The quantitative estimate of drug-likeness (QED) is 0.482. The van der Waals surface area contributed by atoms with Crippen LogP contribution in [0.4, 0.5) is 10.2 Å². The first kappa shape index (κ1) is 25.9. The second-order valence-electron chi connectivity index (χ2n) is 10.8. The number of carbonyl (C=O) groups is 1. The van der Waals surface area contributed by atoms with Gasteiger partial charge in [-0.15, -0.1) is 0 Å². The molecule has 8 heteroatoms. The summed E-state index contributed by atoms with van der Waals surface area (Å²) in [5, 5.41) is 12.9. The van der Waals surface area contributed by atoms with E-state index >= 15 is 4.39 Å². The number of halogens is 1. The predicted molar refractivity (Wildman–Crippen MR) is 140 cm³/mol. The zero-order valence-corrected chi connectivity index (χ0v) is 21.5. The average Bonchev–Trinajstić information content (AvgIpc) is 3.28. The summed E-state index contributed by atoms with van der Waals surface area (Å²) in [6, 6.07) is 11.9. The third-order valence-corrected chi connectivity index (χ3v) is 7.86. The first-order chi connectivity index (χ1) is 18.0. The van der Waals surface area contributed by atoms with Crippen molar-refractivity contribution in [2.75, 3.05) is 44.7 Å². The Morgan fingerprint density at radius 1 is 1.30 bits per heavy atom. The molecule has 0 amide bonds. The molecule has 1 aromatic heterocycles. The number of hydrogen-bond acceptors (Lipinski definition) is 6. The zero-order chi connectivity index (χ0) is 25.7. The number of alkyl halides is 1. The number of likely N-dealkylation sites (tertiary alicyclic amines) is 1. The van der Waals surface area contributed by atoms with Crippen LogP contribution in [0.2, 0.25) is 0 Å². The Morgan fingerprint density at radius 2 is 2.16 bits per heavy atom. The number of rotatable bonds is 10. The van der Waals surface area contributed by atoms with Crippen LogP contribution in [0.25, 0.3) is 0 Å². The molecule has 0 spiro atoms. The molecule has 0 aliphatic carbocycles. The molecule has 0 unspecified atom stereocenters. The highest BCUT2D eigenvalue weighted by atomic mass is 19.1. The number of fused-ring (bicyclic) bond motifs is 1. The molecule has 2 atom stereocenters. The minimum Gasteiger partial charge on any atom is -0.490 e. The molecular weight excluding hydrogens is 473 g/mol. The van der Waals surface area contributed by atoms with Crippen molar-refractivity contribution in [1.29, 1.82) is 0 Å². The third kappa shape index (κ3) is 6.99. The van der Waals surface area contributed by atoms with Gasteiger partial charge in [0.05, 0.1) is 19.6 Å². The second kappa shape index (κ2) is 11.8. The number of carboxylic acid groups (broad SMARTS) is 1. The van der Waals surface area contributed by atoms with E-state index in [2.05, 4.69) is 16.3 Å². The van der Waals surface area contributed by atoms with E-state index in [4.69, 9.17) is 14.5 Å². The van der Waals surface area contributed by atoms with Crippen molar-refractivity contribution in [3.8, 4) is 5.75 Å². The van der Waals surface area contributed by atoms with E-state index in [1.165, 1.54) is 5.56 Å². The van der Waals surface area contributed by atoms with Crippen molar-refractivity contribution >= 4 is 11.8 Å². The standard InChI is InChI=1S/C29H38FN3O4/c30-29(11-8-24-7-6-21-4-2-13-31-28(21)32-24)12-14-33(20-29)19-23(18-27(34)35)22-3-1-5-26(17-22)37-25-9-15-36-16-10-25/h1,3,5-7,17,23,25H,2,4,8-16,18-20H2,(H,31,32)(H,34,35)/t23-,29+/m1/s1. The molecule has 0 saturated carbocycles. The number of anilines is 1. The lowest BCUT2D eigenvalue weighted by Crippen LogP contribution is -2.33. The van der Waals surface area contributed by atoms with E-state index in [0.29, 0.717) is 52.1 Å². The maximum atomic E-state index is 15.8. The fourth-order valence-corrected chi connectivity index (χ4v) is 5.78. The highest BCUT2D eigenvalue weighted by molar-refractivity contribution is 5.68. The average molecular weight is 512 g/mol. The molecule has 2 saturated heterocycles. The van der Waals surface area contributed by atoms with Crippen LogP contribution >= 0.6 is 0 Å². The Labute approximate surface area is 218 Å². The Balaban J connectivity index is 1.19. The summed E-state index contributed by atoms with van der Waals surface area (Å²) >= 11 is 0. The normalized spacial score (nSPS) is 23.3. The van der Waals surface area contributed by atoms with E-state index in [0.717, 1.165) is 55.1 Å². The lowest BCUT2D eigenvalue weighted by Gasteiger charge is -2.26. The summed E-state index contributed by atoms with van der Waals surface area (Å²) in [5.74, 6) is 0.627. The first-order valence-electron chi connectivity index (χ1n) is 13.7. The lowest BCUT2D eigenvalue weighted by molar-refractivity contribution is -0.137. The second-order valence-corrected chi connectivity index (χ2v) is 10.8.